The predicted octanol–water partition coefficient (Wildman–Crippen LogP) is 3.36. The van der Waals surface area contributed by atoms with Crippen molar-refractivity contribution in [1.29, 1.82) is 0 Å². The Hall–Kier alpha value is -0.0400. The highest BCUT2D eigenvalue weighted by Crippen LogP contribution is 2.37. The van der Waals surface area contributed by atoms with E-state index in [1.807, 2.05) is 20.8 Å². The Morgan fingerprint density at radius 2 is 1.36 bits per heavy atom. The first-order chi connectivity index (χ1) is 5.18. The van der Waals surface area contributed by atoms with Crippen molar-refractivity contribution in [2.75, 3.05) is 0 Å². The van der Waals surface area contributed by atoms with Crippen molar-refractivity contribution < 1.29 is 5.11 Å². The van der Waals surface area contributed by atoms with Crippen molar-refractivity contribution in [3.05, 3.63) is 0 Å². The Balaban J connectivity index is 0. The fourth-order valence-electron chi connectivity index (χ4n) is 0.498. The summed E-state index contributed by atoms with van der Waals surface area (Å²) < 4.78 is 0. The molecule has 1 nitrogen and oxygen atoms in total. The minimum absolute atomic E-state index is 0.208. The van der Waals surface area contributed by atoms with E-state index in [1.54, 1.807) is 0 Å². The Morgan fingerprint density at radius 3 is 1.36 bits per heavy atom. The highest BCUT2D eigenvalue weighted by molar-refractivity contribution is 4.91. The molecule has 0 aromatic carbocycles. The standard InChI is InChI=1S/C5H10O.C3H8.C2H6/c1-2-5(6)3-4-5;1-3-2;1-2/h6H,2-4H2,1H3;3H2,1-2H3;1-2H3. The molecular formula is C10H24O. The number of hydrogen-bond acceptors (Lipinski definition) is 1. The van der Waals surface area contributed by atoms with Crippen LogP contribution in [0.2, 0.25) is 0 Å². The summed E-state index contributed by atoms with van der Waals surface area (Å²) in [6, 6.07) is 0. The van der Waals surface area contributed by atoms with E-state index in [-0.39, 0.29) is 5.60 Å². The van der Waals surface area contributed by atoms with Gasteiger partial charge in [-0.2, -0.15) is 0 Å². The van der Waals surface area contributed by atoms with Crippen LogP contribution in [-0.2, 0) is 0 Å². The summed E-state index contributed by atoms with van der Waals surface area (Å²) in [6.07, 6.45) is 4.25. The quantitative estimate of drug-likeness (QED) is 0.623. The van der Waals surface area contributed by atoms with E-state index >= 15 is 0 Å². The lowest BCUT2D eigenvalue weighted by molar-refractivity contribution is 0.146. The van der Waals surface area contributed by atoms with Crippen molar-refractivity contribution in [3.8, 4) is 0 Å². The maximum atomic E-state index is 8.94. The normalized spacial score (nSPS) is 16.9. The van der Waals surface area contributed by atoms with Crippen molar-refractivity contribution in [3.63, 3.8) is 0 Å². The number of aliphatic hydroxyl groups is 1. The van der Waals surface area contributed by atoms with Crippen LogP contribution in [0.3, 0.4) is 0 Å². The van der Waals surface area contributed by atoms with Crippen LogP contribution in [0.15, 0.2) is 0 Å². The Labute approximate surface area is 71.8 Å². The zero-order chi connectivity index (χ0) is 9.33. The van der Waals surface area contributed by atoms with E-state index in [0.29, 0.717) is 0 Å². The third-order valence-electron chi connectivity index (χ3n) is 1.49. The SMILES string of the molecule is CC.CCC.CCC1(O)CC1. The van der Waals surface area contributed by atoms with Gasteiger partial charge in [-0.3, -0.25) is 0 Å². The second kappa shape index (κ2) is 8.06. The summed E-state index contributed by atoms with van der Waals surface area (Å²) in [4.78, 5) is 0. The first kappa shape index (κ1) is 13.5. The van der Waals surface area contributed by atoms with Crippen LogP contribution < -0.4 is 0 Å². The maximum Gasteiger partial charge on any atom is 0.0647 e. The molecule has 0 amide bonds. The van der Waals surface area contributed by atoms with Gasteiger partial charge in [0, 0.05) is 0 Å². The number of hydrogen-bond donors (Lipinski definition) is 1. The van der Waals surface area contributed by atoms with E-state index in [4.69, 9.17) is 5.11 Å². The Bertz CT molecular complexity index is 65.3. The van der Waals surface area contributed by atoms with Crippen LogP contribution in [-0.4, -0.2) is 10.7 Å². The van der Waals surface area contributed by atoms with Crippen molar-refractivity contribution in [1.82, 2.24) is 0 Å². The maximum absolute atomic E-state index is 8.94. The molecule has 0 radical (unpaired) electrons. The Morgan fingerprint density at radius 1 is 1.09 bits per heavy atom. The molecule has 0 atom stereocenters. The first-order valence-corrected chi connectivity index (χ1v) is 4.91. The molecule has 0 aliphatic heterocycles. The summed E-state index contributed by atoms with van der Waals surface area (Å²) in [5.74, 6) is 0. The second-order valence-corrected chi connectivity index (χ2v) is 2.79. The monoisotopic (exact) mass is 160 g/mol. The van der Waals surface area contributed by atoms with Gasteiger partial charge in [-0.1, -0.05) is 41.0 Å². The minimum atomic E-state index is -0.208. The predicted molar refractivity (Wildman–Crippen MR) is 51.8 cm³/mol. The molecule has 0 unspecified atom stereocenters. The molecule has 1 aliphatic rings. The summed E-state index contributed by atoms with van der Waals surface area (Å²) in [7, 11) is 0. The highest BCUT2D eigenvalue weighted by atomic mass is 16.3. The lowest BCUT2D eigenvalue weighted by Gasteiger charge is -1.96. The van der Waals surface area contributed by atoms with Crippen molar-refractivity contribution in [2.45, 2.75) is 65.9 Å². The molecule has 0 heterocycles. The van der Waals surface area contributed by atoms with Gasteiger partial charge in [0.05, 0.1) is 5.60 Å². The molecule has 1 N–H and O–H groups in total. The third-order valence-corrected chi connectivity index (χ3v) is 1.49. The van der Waals surface area contributed by atoms with E-state index in [2.05, 4.69) is 13.8 Å². The van der Waals surface area contributed by atoms with Gasteiger partial charge in [0.2, 0.25) is 0 Å². The van der Waals surface area contributed by atoms with Gasteiger partial charge >= 0.3 is 0 Å². The fraction of sp³-hybridized carbons (Fsp3) is 1.00. The summed E-state index contributed by atoms with van der Waals surface area (Å²) >= 11 is 0. The molecule has 1 heteroatoms. The van der Waals surface area contributed by atoms with Crippen LogP contribution in [0.1, 0.15) is 60.3 Å². The third kappa shape index (κ3) is 9.96. The van der Waals surface area contributed by atoms with Crippen LogP contribution in [0.25, 0.3) is 0 Å². The molecule has 1 aliphatic carbocycles. The Kier molecular flexibility index (Phi) is 9.92. The zero-order valence-electron chi connectivity index (χ0n) is 8.78. The number of rotatable bonds is 1. The molecule has 1 fully saturated rings. The summed E-state index contributed by atoms with van der Waals surface area (Å²) in [6.45, 7) is 10.3. The van der Waals surface area contributed by atoms with Crippen molar-refractivity contribution >= 4 is 0 Å². The smallest absolute Gasteiger partial charge is 0.0647 e. The molecule has 11 heavy (non-hydrogen) atoms. The van der Waals surface area contributed by atoms with Crippen LogP contribution in [0, 0.1) is 0 Å². The molecule has 0 aromatic rings. The van der Waals surface area contributed by atoms with Crippen LogP contribution in [0.4, 0.5) is 0 Å². The molecule has 0 bridgehead atoms. The van der Waals surface area contributed by atoms with Crippen LogP contribution >= 0.6 is 0 Å². The van der Waals surface area contributed by atoms with Crippen LogP contribution in [0.5, 0.6) is 0 Å². The summed E-state index contributed by atoms with van der Waals surface area (Å²) in [5, 5.41) is 8.94. The minimum Gasteiger partial charge on any atom is -0.390 e. The van der Waals surface area contributed by atoms with Crippen molar-refractivity contribution in [2.24, 2.45) is 0 Å². The van der Waals surface area contributed by atoms with Gasteiger partial charge < -0.3 is 5.11 Å². The first-order valence-electron chi connectivity index (χ1n) is 4.91. The lowest BCUT2D eigenvalue weighted by Crippen LogP contribution is -2.01. The average Bonchev–Trinajstić information content (AvgIpc) is 2.75. The fourth-order valence-corrected chi connectivity index (χ4v) is 0.498. The molecule has 0 aromatic heterocycles. The van der Waals surface area contributed by atoms with E-state index in [1.165, 1.54) is 6.42 Å². The van der Waals surface area contributed by atoms with Gasteiger partial charge in [-0.15, -0.1) is 0 Å². The topological polar surface area (TPSA) is 20.2 Å². The largest absolute Gasteiger partial charge is 0.390 e. The lowest BCUT2D eigenvalue weighted by atomic mass is 10.3. The van der Waals surface area contributed by atoms with Gasteiger partial charge in [0.25, 0.3) is 0 Å². The summed E-state index contributed by atoms with van der Waals surface area (Å²) in [5.41, 5.74) is -0.208. The second-order valence-electron chi connectivity index (χ2n) is 2.79. The van der Waals surface area contributed by atoms with Gasteiger partial charge in [0.15, 0.2) is 0 Å². The molecular weight excluding hydrogens is 136 g/mol. The van der Waals surface area contributed by atoms with Gasteiger partial charge in [-0.25, -0.2) is 0 Å². The highest BCUT2D eigenvalue weighted by Gasteiger charge is 2.37. The van der Waals surface area contributed by atoms with Gasteiger partial charge in [0.1, 0.15) is 0 Å². The molecule has 70 valence electrons. The van der Waals surface area contributed by atoms with E-state index in [9.17, 15) is 0 Å². The molecule has 1 rings (SSSR count). The molecule has 0 spiro atoms. The zero-order valence-corrected chi connectivity index (χ0v) is 8.78. The van der Waals surface area contributed by atoms with E-state index in [0.717, 1.165) is 19.3 Å². The average molecular weight is 160 g/mol. The van der Waals surface area contributed by atoms with E-state index < -0.39 is 0 Å². The van der Waals surface area contributed by atoms with Gasteiger partial charge in [-0.05, 0) is 19.3 Å². The molecule has 0 saturated heterocycles. The molecule has 1 saturated carbocycles.